The van der Waals surface area contributed by atoms with Crippen LogP contribution in [-0.4, -0.2) is 43.2 Å². The fourth-order valence-electron chi connectivity index (χ4n) is 2.80. The molecular weight excluding hydrogens is 298 g/mol. The van der Waals surface area contributed by atoms with Gasteiger partial charge in [0, 0.05) is 49.3 Å². The van der Waals surface area contributed by atoms with Crippen LogP contribution in [0.5, 0.6) is 0 Å². The number of aryl methyl sites for hydroxylation is 1. The Morgan fingerprint density at radius 2 is 1.88 bits per heavy atom. The van der Waals surface area contributed by atoms with E-state index < -0.39 is 0 Å². The van der Waals surface area contributed by atoms with E-state index in [2.05, 4.69) is 78.0 Å². The Kier molecular flexibility index (Phi) is 6.26. The van der Waals surface area contributed by atoms with Gasteiger partial charge in [0.2, 0.25) is 0 Å². The summed E-state index contributed by atoms with van der Waals surface area (Å²) in [6.45, 7) is 11.3. The Morgan fingerprint density at radius 1 is 1.12 bits per heavy atom. The Labute approximate surface area is 145 Å². The Bertz CT molecular complexity index is 679. The molecule has 2 rings (SSSR count). The lowest BCUT2D eigenvalue weighted by atomic mass is 10.1. The van der Waals surface area contributed by atoms with Gasteiger partial charge in [0.1, 0.15) is 0 Å². The maximum Gasteiger partial charge on any atom is 0.191 e. The van der Waals surface area contributed by atoms with Gasteiger partial charge in [0.25, 0.3) is 0 Å². The van der Waals surface area contributed by atoms with Gasteiger partial charge in [0.15, 0.2) is 5.96 Å². The fraction of sp³-hybridized carbons (Fsp3) is 0.526. The average molecular weight is 329 g/mol. The molecule has 132 valence electrons. The van der Waals surface area contributed by atoms with Gasteiger partial charge in [-0.05, 0) is 51.3 Å². The minimum atomic E-state index is 0.145. The summed E-state index contributed by atoms with van der Waals surface area (Å²) in [4.78, 5) is 7.63. The van der Waals surface area contributed by atoms with Crippen molar-refractivity contribution < 1.29 is 0 Å². The molecule has 0 saturated carbocycles. The van der Waals surface area contributed by atoms with Crippen LogP contribution >= 0.6 is 0 Å². The van der Waals surface area contributed by atoms with Crippen molar-refractivity contribution >= 4 is 16.9 Å². The van der Waals surface area contributed by atoms with E-state index in [1.807, 2.05) is 7.05 Å². The number of nitrogens with one attached hydrogen (secondary N) is 4. The Morgan fingerprint density at radius 3 is 2.58 bits per heavy atom. The summed E-state index contributed by atoms with van der Waals surface area (Å²) in [7, 11) is 1.81. The summed E-state index contributed by atoms with van der Waals surface area (Å²) in [5, 5.41) is 11.5. The molecule has 0 aliphatic carbocycles. The SMILES string of the molecule is CN=C(NCCNC(C)(C)C)NCCc1c[nH]c2cccc(C)c12. The first-order chi connectivity index (χ1) is 11.4. The van der Waals surface area contributed by atoms with Crippen LogP contribution < -0.4 is 16.0 Å². The summed E-state index contributed by atoms with van der Waals surface area (Å²) in [5.74, 6) is 0.849. The molecule has 0 aliphatic heterocycles. The van der Waals surface area contributed by atoms with Crippen LogP contribution in [0.2, 0.25) is 0 Å². The largest absolute Gasteiger partial charge is 0.361 e. The zero-order valence-corrected chi connectivity index (χ0v) is 15.6. The first kappa shape index (κ1) is 18.3. The third-order valence-corrected chi connectivity index (χ3v) is 3.98. The zero-order valence-electron chi connectivity index (χ0n) is 15.6. The molecule has 0 amide bonds. The molecule has 0 aliphatic rings. The lowest BCUT2D eigenvalue weighted by Gasteiger charge is -2.21. The van der Waals surface area contributed by atoms with E-state index in [4.69, 9.17) is 0 Å². The predicted octanol–water partition coefficient (Wildman–Crippen LogP) is 2.57. The number of rotatable bonds is 6. The predicted molar refractivity (Wildman–Crippen MR) is 104 cm³/mol. The molecule has 0 saturated heterocycles. The van der Waals surface area contributed by atoms with Crippen molar-refractivity contribution in [1.82, 2.24) is 20.9 Å². The number of benzene rings is 1. The highest BCUT2D eigenvalue weighted by Gasteiger charge is 2.08. The number of aromatic amines is 1. The van der Waals surface area contributed by atoms with Crippen molar-refractivity contribution in [3.63, 3.8) is 0 Å². The molecule has 0 spiro atoms. The number of hydrogen-bond acceptors (Lipinski definition) is 2. The highest BCUT2D eigenvalue weighted by Crippen LogP contribution is 2.22. The van der Waals surface area contributed by atoms with Crippen molar-refractivity contribution in [2.75, 3.05) is 26.7 Å². The lowest BCUT2D eigenvalue weighted by molar-refractivity contribution is 0.428. The minimum absolute atomic E-state index is 0.145. The number of nitrogens with zero attached hydrogens (tertiary/aromatic N) is 1. The maximum atomic E-state index is 4.28. The molecule has 2 aromatic rings. The maximum absolute atomic E-state index is 4.28. The van der Waals surface area contributed by atoms with E-state index in [0.29, 0.717) is 0 Å². The summed E-state index contributed by atoms with van der Waals surface area (Å²) in [6.07, 6.45) is 3.08. The van der Waals surface area contributed by atoms with Crippen molar-refractivity contribution in [1.29, 1.82) is 0 Å². The second kappa shape index (κ2) is 8.20. The van der Waals surface area contributed by atoms with Crippen LogP contribution in [0, 0.1) is 6.92 Å². The van der Waals surface area contributed by atoms with E-state index in [0.717, 1.165) is 32.0 Å². The number of hydrogen-bond donors (Lipinski definition) is 4. The number of aliphatic imine (C=N–C) groups is 1. The van der Waals surface area contributed by atoms with Crippen molar-refractivity contribution in [2.24, 2.45) is 4.99 Å². The van der Waals surface area contributed by atoms with Gasteiger partial charge in [-0.3, -0.25) is 4.99 Å². The molecule has 0 atom stereocenters. The summed E-state index contributed by atoms with van der Waals surface area (Å²) in [5.41, 5.74) is 4.02. The van der Waals surface area contributed by atoms with E-state index in [1.54, 1.807) is 0 Å². The molecule has 5 heteroatoms. The molecule has 5 nitrogen and oxygen atoms in total. The summed E-state index contributed by atoms with van der Waals surface area (Å²) >= 11 is 0. The van der Waals surface area contributed by atoms with Crippen LogP contribution in [-0.2, 0) is 6.42 Å². The summed E-state index contributed by atoms with van der Waals surface area (Å²) < 4.78 is 0. The van der Waals surface area contributed by atoms with Gasteiger partial charge < -0.3 is 20.9 Å². The van der Waals surface area contributed by atoms with Crippen molar-refractivity contribution in [3.8, 4) is 0 Å². The van der Waals surface area contributed by atoms with Gasteiger partial charge in [-0.15, -0.1) is 0 Å². The molecule has 0 bridgehead atoms. The quantitative estimate of drug-likeness (QED) is 0.374. The molecule has 0 unspecified atom stereocenters. The van der Waals surface area contributed by atoms with Gasteiger partial charge >= 0.3 is 0 Å². The third kappa shape index (κ3) is 5.27. The first-order valence-corrected chi connectivity index (χ1v) is 8.66. The molecular formula is C19H31N5. The molecule has 1 aromatic heterocycles. The minimum Gasteiger partial charge on any atom is -0.361 e. The first-order valence-electron chi connectivity index (χ1n) is 8.66. The van der Waals surface area contributed by atoms with Gasteiger partial charge in [-0.2, -0.15) is 0 Å². The number of fused-ring (bicyclic) bond motifs is 1. The number of guanidine groups is 1. The Balaban J connectivity index is 1.79. The Hall–Kier alpha value is -2.01. The molecule has 1 aromatic carbocycles. The van der Waals surface area contributed by atoms with Crippen LogP contribution in [0.3, 0.4) is 0 Å². The highest BCUT2D eigenvalue weighted by molar-refractivity contribution is 5.86. The van der Waals surface area contributed by atoms with E-state index in [-0.39, 0.29) is 5.54 Å². The van der Waals surface area contributed by atoms with Crippen LogP contribution in [0.4, 0.5) is 0 Å². The third-order valence-electron chi connectivity index (χ3n) is 3.98. The second-order valence-corrected chi connectivity index (χ2v) is 7.16. The fourth-order valence-corrected chi connectivity index (χ4v) is 2.80. The van der Waals surface area contributed by atoms with Gasteiger partial charge in [-0.25, -0.2) is 0 Å². The number of H-pyrrole nitrogens is 1. The van der Waals surface area contributed by atoms with E-state index >= 15 is 0 Å². The average Bonchev–Trinajstić information content (AvgIpc) is 2.93. The number of aromatic nitrogens is 1. The molecule has 1 heterocycles. The second-order valence-electron chi connectivity index (χ2n) is 7.16. The highest BCUT2D eigenvalue weighted by atomic mass is 15.2. The van der Waals surface area contributed by atoms with E-state index in [9.17, 15) is 0 Å². The van der Waals surface area contributed by atoms with Crippen molar-refractivity contribution in [3.05, 3.63) is 35.5 Å². The van der Waals surface area contributed by atoms with Gasteiger partial charge in [0.05, 0.1) is 0 Å². The molecule has 0 fully saturated rings. The standard InChI is InChI=1S/C19H31N5/c1-14-7-6-8-16-17(14)15(13-23-16)9-10-21-18(20-5)22-11-12-24-19(2,3)4/h6-8,13,23-24H,9-12H2,1-5H3,(H2,20,21,22). The van der Waals surface area contributed by atoms with Crippen molar-refractivity contribution in [2.45, 2.75) is 39.7 Å². The monoisotopic (exact) mass is 329 g/mol. The zero-order chi connectivity index (χ0) is 17.6. The topological polar surface area (TPSA) is 64.2 Å². The van der Waals surface area contributed by atoms with E-state index in [1.165, 1.54) is 22.0 Å². The smallest absolute Gasteiger partial charge is 0.191 e. The summed E-state index contributed by atoms with van der Waals surface area (Å²) in [6, 6.07) is 6.38. The van der Waals surface area contributed by atoms with Crippen LogP contribution in [0.1, 0.15) is 31.9 Å². The lowest BCUT2D eigenvalue weighted by Crippen LogP contribution is -2.44. The molecule has 0 radical (unpaired) electrons. The van der Waals surface area contributed by atoms with Crippen LogP contribution in [0.25, 0.3) is 10.9 Å². The van der Waals surface area contributed by atoms with Crippen LogP contribution in [0.15, 0.2) is 29.4 Å². The molecule has 24 heavy (non-hydrogen) atoms. The molecule has 4 N–H and O–H groups in total. The normalized spacial score (nSPS) is 12.6. The van der Waals surface area contributed by atoms with Gasteiger partial charge in [-0.1, -0.05) is 12.1 Å².